The van der Waals surface area contributed by atoms with E-state index >= 15 is 0 Å². The normalized spacial score (nSPS) is 44.3. The summed E-state index contributed by atoms with van der Waals surface area (Å²) in [6.45, 7) is 4.22. The maximum Gasteiger partial charge on any atom is 0.163 e. The molecule has 0 aromatic rings. The first-order valence-corrected chi connectivity index (χ1v) is 4.05. The molecule has 0 saturated carbocycles. The molecular formula is C8H12O4. The molecule has 2 rings (SSSR count). The Morgan fingerprint density at radius 2 is 2.25 bits per heavy atom. The van der Waals surface area contributed by atoms with Crippen LogP contribution in [0.1, 0.15) is 13.8 Å². The molecule has 0 aliphatic carbocycles. The summed E-state index contributed by atoms with van der Waals surface area (Å²) in [6.07, 6.45) is 0.381. The van der Waals surface area contributed by atoms with Crippen LogP contribution < -0.4 is 0 Å². The number of ether oxygens (including phenoxy) is 3. The first-order chi connectivity index (χ1) is 5.62. The van der Waals surface area contributed by atoms with E-state index < -0.39 is 5.79 Å². The van der Waals surface area contributed by atoms with Gasteiger partial charge in [0.25, 0.3) is 0 Å². The molecule has 4 nitrogen and oxygen atoms in total. The molecule has 0 unspecified atom stereocenters. The van der Waals surface area contributed by atoms with Crippen LogP contribution in [-0.2, 0) is 19.0 Å². The molecule has 2 fully saturated rings. The molecule has 2 heterocycles. The summed E-state index contributed by atoms with van der Waals surface area (Å²) in [5.74, 6) is -0.524. The fourth-order valence-corrected chi connectivity index (χ4v) is 1.42. The monoisotopic (exact) mass is 172 g/mol. The first kappa shape index (κ1) is 8.16. The Labute approximate surface area is 70.8 Å². The number of carbonyl (C=O) groups excluding carboxylic acids is 1. The molecule has 0 aromatic heterocycles. The van der Waals surface area contributed by atoms with Crippen LogP contribution in [0.25, 0.3) is 0 Å². The van der Waals surface area contributed by atoms with E-state index in [4.69, 9.17) is 14.2 Å². The Morgan fingerprint density at radius 3 is 2.67 bits per heavy atom. The number of hydrogen-bond donors (Lipinski definition) is 0. The second-order valence-corrected chi connectivity index (χ2v) is 3.57. The van der Waals surface area contributed by atoms with Crippen molar-refractivity contribution < 1.29 is 19.0 Å². The highest BCUT2D eigenvalue weighted by molar-refractivity contribution is 5.60. The molecule has 68 valence electrons. The number of aldehydes is 1. The lowest BCUT2D eigenvalue weighted by molar-refractivity contribution is -0.140. The third kappa shape index (κ3) is 1.37. The third-order valence-corrected chi connectivity index (χ3v) is 2.09. The third-order valence-electron chi connectivity index (χ3n) is 2.09. The standard InChI is InChI=1S/C8H12O4/c1-8(2)10-4-6(12-8)7-5(3-9)11-7/h3,5-7H,4H2,1-2H3/t5-,6+,7+/m0/s1. The second-order valence-electron chi connectivity index (χ2n) is 3.57. The Bertz CT molecular complexity index is 201. The number of carbonyl (C=O) groups is 1. The molecule has 2 saturated heterocycles. The predicted molar refractivity (Wildman–Crippen MR) is 39.6 cm³/mol. The molecule has 2 aliphatic heterocycles. The van der Waals surface area contributed by atoms with Crippen LogP contribution in [0.2, 0.25) is 0 Å². The fraction of sp³-hybridized carbons (Fsp3) is 0.875. The minimum atomic E-state index is -0.524. The minimum Gasteiger partial charge on any atom is -0.359 e. The van der Waals surface area contributed by atoms with Crippen LogP contribution in [-0.4, -0.2) is 37.0 Å². The average Bonchev–Trinajstić information content (AvgIpc) is 2.70. The largest absolute Gasteiger partial charge is 0.359 e. The molecule has 3 atom stereocenters. The van der Waals surface area contributed by atoms with Gasteiger partial charge in [0.2, 0.25) is 0 Å². The highest BCUT2D eigenvalue weighted by Crippen LogP contribution is 2.33. The molecule has 0 bridgehead atoms. The maximum absolute atomic E-state index is 10.3. The van der Waals surface area contributed by atoms with Crippen molar-refractivity contribution in [2.75, 3.05) is 6.61 Å². The van der Waals surface area contributed by atoms with Crippen LogP contribution in [0.3, 0.4) is 0 Å². The van der Waals surface area contributed by atoms with E-state index in [2.05, 4.69) is 0 Å². The van der Waals surface area contributed by atoms with Gasteiger partial charge < -0.3 is 19.0 Å². The molecule has 12 heavy (non-hydrogen) atoms. The van der Waals surface area contributed by atoms with Crippen molar-refractivity contribution in [1.29, 1.82) is 0 Å². The Morgan fingerprint density at radius 1 is 1.50 bits per heavy atom. The lowest BCUT2D eigenvalue weighted by atomic mass is 10.2. The molecule has 0 N–H and O–H groups in total. The van der Waals surface area contributed by atoms with Crippen LogP contribution in [0.5, 0.6) is 0 Å². The van der Waals surface area contributed by atoms with Gasteiger partial charge in [-0.15, -0.1) is 0 Å². The van der Waals surface area contributed by atoms with Gasteiger partial charge in [-0.3, -0.25) is 0 Å². The van der Waals surface area contributed by atoms with Crippen molar-refractivity contribution in [2.24, 2.45) is 0 Å². The van der Waals surface area contributed by atoms with Crippen molar-refractivity contribution in [3.05, 3.63) is 0 Å². The van der Waals surface area contributed by atoms with Crippen LogP contribution in [0.4, 0.5) is 0 Å². The predicted octanol–water partition coefficient (Wildman–Crippen LogP) is 0.104. The van der Waals surface area contributed by atoms with E-state index in [-0.39, 0.29) is 18.3 Å². The van der Waals surface area contributed by atoms with Gasteiger partial charge in [0.1, 0.15) is 18.3 Å². The number of rotatable bonds is 2. The van der Waals surface area contributed by atoms with Crippen LogP contribution in [0.15, 0.2) is 0 Å². The summed E-state index contributed by atoms with van der Waals surface area (Å²) >= 11 is 0. The molecule has 4 heteroatoms. The molecular weight excluding hydrogens is 160 g/mol. The first-order valence-electron chi connectivity index (χ1n) is 4.05. The molecule has 0 aromatic carbocycles. The van der Waals surface area contributed by atoms with Crippen molar-refractivity contribution in [3.63, 3.8) is 0 Å². The van der Waals surface area contributed by atoms with Gasteiger partial charge in [0.05, 0.1) is 6.61 Å². The fourth-order valence-electron chi connectivity index (χ4n) is 1.42. The van der Waals surface area contributed by atoms with E-state index in [1.54, 1.807) is 0 Å². The number of hydrogen-bond acceptors (Lipinski definition) is 4. The molecule has 0 radical (unpaired) electrons. The van der Waals surface area contributed by atoms with Gasteiger partial charge in [-0.2, -0.15) is 0 Å². The lowest BCUT2D eigenvalue weighted by Crippen LogP contribution is -2.25. The van der Waals surface area contributed by atoms with Gasteiger partial charge in [0.15, 0.2) is 12.1 Å². The van der Waals surface area contributed by atoms with Gasteiger partial charge in [-0.1, -0.05) is 0 Å². The van der Waals surface area contributed by atoms with Crippen molar-refractivity contribution in [3.8, 4) is 0 Å². The van der Waals surface area contributed by atoms with Gasteiger partial charge in [0, 0.05) is 0 Å². The lowest BCUT2D eigenvalue weighted by Gasteiger charge is -2.16. The SMILES string of the molecule is CC1(C)OC[C@H]([C@@H]2O[C@H]2C=O)O1. The average molecular weight is 172 g/mol. The molecule has 0 spiro atoms. The smallest absolute Gasteiger partial charge is 0.163 e. The topological polar surface area (TPSA) is 48.1 Å². The Balaban J connectivity index is 1.89. The van der Waals surface area contributed by atoms with E-state index in [0.29, 0.717) is 6.61 Å². The Kier molecular flexibility index (Phi) is 1.71. The molecule has 0 amide bonds. The van der Waals surface area contributed by atoms with Gasteiger partial charge in [-0.25, -0.2) is 0 Å². The summed E-state index contributed by atoms with van der Waals surface area (Å²) in [5.41, 5.74) is 0. The van der Waals surface area contributed by atoms with Gasteiger partial charge in [-0.05, 0) is 13.8 Å². The van der Waals surface area contributed by atoms with E-state index in [1.807, 2.05) is 13.8 Å². The Hall–Kier alpha value is -0.450. The van der Waals surface area contributed by atoms with Crippen LogP contribution in [0, 0.1) is 0 Å². The van der Waals surface area contributed by atoms with Crippen molar-refractivity contribution in [1.82, 2.24) is 0 Å². The summed E-state index contributed by atoms with van der Waals surface area (Å²) in [6, 6.07) is 0. The van der Waals surface area contributed by atoms with Gasteiger partial charge >= 0.3 is 0 Å². The van der Waals surface area contributed by atoms with E-state index in [1.165, 1.54) is 0 Å². The number of epoxide rings is 1. The van der Waals surface area contributed by atoms with E-state index in [9.17, 15) is 4.79 Å². The zero-order valence-corrected chi connectivity index (χ0v) is 7.15. The summed E-state index contributed by atoms with van der Waals surface area (Å²) in [4.78, 5) is 10.3. The highest BCUT2D eigenvalue weighted by atomic mass is 16.8. The summed E-state index contributed by atoms with van der Waals surface area (Å²) < 4.78 is 15.9. The second kappa shape index (κ2) is 2.52. The van der Waals surface area contributed by atoms with Crippen molar-refractivity contribution >= 4 is 6.29 Å². The zero-order chi connectivity index (χ0) is 8.77. The quantitative estimate of drug-likeness (QED) is 0.438. The van der Waals surface area contributed by atoms with E-state index in [0.717, 1.165) is 6.29 Å². The maximum atomic E-state index is 10.3. The zero-order valence-electron chi connectivity index (χ0n) is 7.15. The van der Waals surface area contributed by atoms with Crippen LogP contribution >= 0.6 is 0 Å². The minimum absolute atomic E-state index is 0.0739. The summed E-state index contributed by atoms with van der Waals surface area (Å²) in [5, 5.41) is 0. The molecule has 2 aliphatic rings. The highest BCUT2D eigenvalue weighted by Gasteiger charge is 2.50. The summed E-state index contributed by atoms with van der Waals surface area (Å²) in [7, 11) is 0. The van der Waals surface area contributed by atoms with Crippen molar-refractivity contribution in [2.45, 2.75) is 37.9 Å².